The quantitative estimate of drug-likeness (QED) is 0.620. The summed E-state index contributed by atoms with van der Waals surface area (Å²) >= 11 is 0. The molecule has 1 aromatic carbocycles. The molecule has 2 aromatic rings. The maximum absolute atomic E-state index is 14.6. The molecule has 8 heteroatoms. The van der Waals surface area contributed by atoms with Crippen LogP contribution in [0.2, 0.25) is 0 Å². The summed E-state index contributed by atoms with van der Waals surface area (Å²) in [6, 6.07) is 9.17. The van der Waals surface area contributed by atoms with Crippen LogP contribution >= 0.6 is 0 Å². The Morgan fingerprint density at radius 3 is 2.78 bits per heavy atom. The summed E-state index contributed by atoms with van der Waals surface area (Å²) in [6.45, 7) is 0.245. The molecule has 1 aliphatic heterocycles. The number of nitrogens with zero attached hydrogens (tertiary/aromatic N) is 2. The lowest BCUT2D eigenvalue weighted by Gasteiger charge is -2.27. The Labute approximate surface area is 184 Å². The number of nitrogens with one attached hydrogen (secondary N) is 1. The monoisotopic (exact) mass is 439 g/mol. The number of amides is 1. The highest BCUT2D eigenvalue weighted by Crippen LogP contribution is 2.38. The maximum atomic E-state index is 14.6. The predicted molar refractivity (Wildman–Crippen MR) is 115 cm³/mol. The molecule has 0 bridgehead atoms. The van der Waals surface area contributed by atoms with Crippen molar-refractivity contribution in [3.63, 3.8) is 0 Å². The van der Waals surface area contributed by atoms with Crippen molar-refractivity contribution in [2.45, 2.75) is 25.3 Å². The molecule has 2 aliphatic rings. The minimum atomic E-state index is -0.563. The molecule has 1 unspecified atom stereocenters. The van der Waals surface area contributed by atoms with Gasteiger partial charge in [-0.25, -0.2) is 13.8 Å². The minimum absolute atomic E-state index is 0.0263. The molecule has 2 heterocycles. The van der Waals surface area contributed by atoms with Crippen LogP contribution in [0.1, 0.15) is 41.2 Å². The average Bonchev–Trinajstić information content (AvgIpc) is 3.07. The van der Waals surface area contributed by atoms with Gasteiger partial charge in [-0.15, -0.1) is 0 Å². The van der Waals surface area contributed by atoms with Gasteiger partial charge in [-0.05, 0) is 36.8 Å². The highest BCUT2D eigenvalue weighted by atomic mass is 19.1. The molecule has 32 heavy (non-hydrogen) atoms. The molecule has 4 rings (SSSR count). The van der Waals surface area contributed by atoms with Gasteiger partial charge < -0.3 is 15.0 Å². The Balaban J connectivity index is 1.41. The summed E-state index contributed by atoms with van der Waals surface area (Å²) < 4.78 is 33.3. The SMILES string of the molecule is O=C(CNc1ccccn1)OCCC1c2c(F)cccc2C(=O)N1CC1=CC=C(F)CC1. The van der Waals surface area contributed by atoms with E-state index < -0.39 is 17.8 Å². The number of allylic oxidation sites excluding steroid dienone is 3. The van der Waals surface area contributed by atoms with E-state index in [-0.39, 0.29) is 37.9 Å². The zero-order valence-corrected chi connectivity index (χ0v) is 17.4. The normalized spacial score (nSPS) is 17.5. The van der Waals surface area contributed by atoms with Gasteiger partial charge in [0.1, 0.15) is 24.0 Å². The van der Waals surface area contributed by atoms with Gasteiger partial charge in [0.25, 0.3) is 5.91 Å². The van der Waals surface area contributed by atoms with Crippen LogP contribution in [0.15, 0.2) is 66.1 Å². The van der Waals surface area contributed by atoms with Crippen molar-refractivity contribution >= 4 is 17.7 Å². The molecule has 1 aliphatic carbocycles. The Bertz CT molecular complexity index is 1070. The number of carbonyl (C=O) groups excluding carboxylic acids is 2. The number of hydrogen-bond acceptors (Lipinski definition) is 5. The van der Waals surface area contributed by atoms with Crippen LogP contribution in [0.4, 0.5) is 14.6 Å². The number of aromatic nitrogens is 1. The van der Waals surface area contributed by atoms with Gasteiger partial charge in [0.15, 0.2) is 0 Å². The maximum Gasteiger partial charge on any atom is 0.325 e. The molecule has 0 spiro atoms. The summed E-state index contributed by atoms with van der Waals surface area (Å²) in [7, 11) is 0. The lowest BCUT2D eigenvalue weighted by Crippen LogP contribution is -2.31. The highest BCUT2D eigenvalue weighted by molar-refractivity contribution is 5.99. The lowest BCUT2D eigenvalue weighted by atomic mass is 10.0. The van der Waals surface area contributed by atoms with Crippen molar-refractivity contribution in [3.05, 3.63) is 83.1 Å². The second-order valence-corrected chi connectivity index (χ2v) is 7.67. The van der Waals surface area contributed by atoms with E-state index in [4.69, 9.17) is 4.74 Å². The van der Waals surface area contributed by atoms with Crippen LogP contribution in [0.25, 0.3) is 0 Å². The first-order valence-electron chi connectivity index (χ1n) is 10.5. The van der Waals surface area contributed by atoms with Crippen molar-refractivity contribution in [2.75, 3.05) is 25.0 Å². The number of esters is 1. The van der Waals surface area contributed by atoms with Crippen molar-refractivity contribution in [1.29, 1.82) is 0 Å². The molecule has 0 saturated heterocycles. The molecular formula is C24H23F2N3O3. The van der Waals surface area contributed by atoms with Crippen molar-refractivity contribution in [3.8, 4) is 0 Å². The van der Waals surface area contributed by atoms with Gasteiger partial charge in [0.05, 0.1) is 12.6 Å². The fourth-order valence-corrected chi connectivity index (χ4v) is 3.97. The predicted octanol–water partition coefficient (Wildman–Crippen LogP) is 4.34. The zero-order valence-electron chi connectivity index (χ0n) is 17.4. The standard InChI is InChI=1S/C24H23F2N3O3/c25-17-9-7-16(8-10-17)15-29-20(23-18(24(29)31)4-3-5-19(23)26)11-13-32-22(30)14-28-21-6-1-2-12-27-21/h1-7,9,12,20H,8,10-11,13-15H2,(H,27,28). The van der Waals surface area contributed by atoms with Gasteiger partial charge in [-0.1, -0.05) is 23.8 Å². The van der Waals surface area contributed by atoms with Gasteiger partial charge >= 0.3 is 5.97 Å². The fourth-order valence-electron chi connectivity index (χ4n) is 3.97. The molecule has 1 N–H and O–H groups in total. The van der Waals surface area contributed by atoms with E-state index in [1.54, 1.807) is 41.4 Å². The second kappa shape index (κ2) is 9.72. The summed E-state index contributed by atoms with van der Waals surface area (Å²) in [4.78, 5) is 30.7. The van der Waals surface area contributed by atoms with E-state index in [1.165, 1.54) is 18.2 Å². The van der Waals surface area contributed by atoms with Crippen LogP contribution in [0.5, 0.6) is 0 Å². The number of carbonyl (C=O) groups is 2. The third kappa shape index (κ3) is 4.85. The number of fused-ring (bicyclic) bond motifs is 1. The first-order valence-corrected chi connectivity index (χ1v) is 10.5. The minimum Gasteiger partial charge on any atom is -0.464 e. The lowest BCUT2D eigenvalue weighted by molar-refractivity contribution is -0.141. The molecule has 6 nitrogen and oxygen atoms in total. The van der Waals surface area contributed by atoms with Gasteiger partial charge in [0, 0.05) is 36.7 Å². The zero-order chi connectivity index (χ0) is 22.5. The second-order valence-electron chi connectivity index (χ2n) is 7.67. The first kappa shape index (κ1) is 21.7. The Hall–Kier alpha value is -3.55. The van der Waals surface area contributed by atoms with Crippen LogP contribution in [0.3, 0.4) is 0 Å². The van der Waals surface area contributed by atoms with Gasteiger partial charge in [-0.2, -0.15) is 0 Å². The first-order chi connectivity index (χ1) is 15.5. The molecule has 1 aromatic heterocycles. The number of benzene rings is 1. The summed E-state index contributed by atoms with van der Waals surface area (Å²) in [5.74, 6) is -0.854. The summed E-state index contributed by atoms with van der Waals surface area (Å²) in [5.41, 5.74) is 1.53. The van der Waals surface area contributed by atoms with E-state index in [2.05, 4.69) is 10.3 Å². The number of anilines is 1. The Kier molecular flexibility index (Phi) is 6.58. The molecule has 1 atom stereocenters. The third-order valence-electron chi connectivity index (χ3n) is 5.54. The van der Waals surface area contributed by atoms with Crippen LogP contribution in [-0.2, 0) is 9.53 Å². The van der Waals surface area contributed by atoms with Crippen LogP contribution in [0, 0.1) is 5.82 Å². The number of halogens is 2. The van der Waals surface area contributed by atoms with E-state index in [0.717, 1.165) is 5.57 Å². The highest BCUT2D eigenvalue weighted by Gasteiger charge is 2.39. The van der Waals surface area contributed by atoms with E-state index in [9.17, 15) is 18.4 Å². The molecule has 0 radical (unpaired) electrons. The average molecular weight is 439 g/mol. The Morgan fingerprint density at radius 1 is 1.16 bits per heavy atom. The molecule has 0 saturated carbocycles. The largest absolute Gasteiger partial charge is 0.464 e. The number of hydrogen-bond donors (Lipinski definition) is 1. The smallest absolute Gasteiger partial charge is 0.325 e. The van der Waals surface area contributed by atoms with Crippen molar-refractivity contribution < 1.29 is 23.1 Å². The molecular weight excluding hydrogens is 416 g/mol. The molecule has 1 amide bonds. The van der Waals surface area contributed by atoms with Crippen molar-refractivity contribution in [1.82, 2.24) is 9.88 Å². The number of ether oxygens (including phenoxy) is 1. The summed E-state index contributed by atoms with van der Waals surface area (Å²) in [6.07, 6.45) is 5.74. The van der Waals surface area contributed by atoms with E-state index in [1.807, 2.05) is 0 Å². The number of rotatable bonds is 8. The molecule has 166 valence electrons. The molecule has 0 fully saturated rings. The topological polar surface area (TPSA) is 71.5 Å². The third-order valence-corrected chi connectivity index (χ3v) is 5.54. The van der Waals surface area contributed by atoms with Crippen LogP contribution < -0.4 is 5.32 Å². The van der Waals surface area contributed by atoms with Crippen molar-refractivity contribution in [2.24, 2.45) is 0 Å². The van der Waals surface area contributed by atoms with Gasteiger partial charge in [-0.3, -0.25) is 9.59 Å². The van der Waals surface area contributed by atoms with E-state index >= 15 is 0 Å². The van der Waals surface area contributed by atoms with Gasteiger partial charge in [0.2, 0.25) is 0 Å². The van der Waals surface area contributed by atoms with Crippen LogP contribution in [-0.4, -0.2) is 41.5 Å². The fraction of sp³-hybridized carbons (Fsp3) is 0.292. The van der Waals surface area contributed by atoms with E-state index in [0.29, 0.717) is 29.8 Å². The number of pyridine rings is 1. The summed E-state index contributed by atoms with van der Waals surface area (Å²) in [5, 5.41) is 2.87. The Morgan fingerprint density at radius 2 is 2.03 bits per heavy atom.